The average Bonchev–Trinajstić information content (AvgIpc) is 3.75. The van der Waals surface area contributed by atoms with E-state index in [2.05, 4.69) is 41.5 Å². The van der Waals surface area contributed by atoms with Crippen LogP contribution in [0.1, 0.15) is 48.7 Å². The molecule has 7 rings (SSSR count). The molecule has 0 saturated heterocycles. The van der Waals surface area contributed by atoms with Crippen LogP contribution in [-0.4, -0.2) is 41.8 Å². The monoisotopic (exact) mass is 561 g/mol. The normalized spacial score (nSPS) is 14.1. The first-order chi connectivity index (χ1) is 20.0. The number of ketones is 1. The number of nitrogens with one attached hydrogen (secondary N) is 3. The fourth-order valence-electron chi connectivity index (χ4n) is 5.59. The van der Waals surface area contributed by atoms with Crippen molar-refractivity contribution in [2.75, 3.05) is 5.32 Å². The molecule has 1 fully saturated rings. The lowest BCUT2D eigenvalue weighted by atomic mass is 9.88. The minimum absolute atomic E-state index is 0.0516. The molecule has 0 aromatic carbocycles. The van der Waals surface area contributed by atoms with Gasteiger partial charge in [0.1, 0.15) is 0 Å². The number of Topliss-reactive ketones (excluding diaryl/α,β-unsaturated/α-hetero) is 1. The van der Waals surface area contributed by atoms with Crippen LogP contribution >= 0.6 is 11.3 Å². The highest BCUT2D eigenvalue weighted by Crippen LogP contribution is 2.37. The van der Waals surface area contributed by atoms with Gasteiger partial charge in [-0.3, -0.25) is 24.7 Å². The molecule has 0 bridgehead atoms. The fourth-order valence-corrected chi connectivity index (χ4v) is 6.52. The molecule has 10 heteroatoms. The highest BCUT2D eigenvalue weighted by Gasteiger charge is 2.21. The van der Waals surface area contributed by atoms with Gasteiger partial charge in [0.25, 0.3) is 0 Å². The van der Waals surface area contributed by atoms with E-state index in [1.807, 2.05) is 30.5 Å². The highest BCUT2D eigenvalue weighted by atomic mass is 32.1. The average molecular weight is 562 g/mol. The second-order valence-corrected chi connectivity index (χ2v) is 11.6. The molecule has 1 saturated carbocycles. The fraction of sp³-hybridized carbons (Fsp3) is 0.226. The molecule has 0 unspecified atom stereocenters. The van der Waals surface area contributed by atoms with E-state index in [9.17, 15) is 9.59 Å². The summed E-state index contributed by atoms with van der Waals surface area (Å²) in [6.07, 6.45) is 14.2. The number of rotatable bonds is 6. The topological polar surface area (TPSA) is 129 Å². The molecule has 6 heterocycles. The van der Waals surface area contributed by atoms with Crippen LogP contribution in [0.3, 0.4) is 0 Å². The number of anilines is 1. The lowest BCUT2D eigenvalue weighted by Gasteiger charge is -2.20. The van der Waals surface area contributed by atoms with Gasteiger partial charge < -0.3 is 10.3 Å². The van der Waals surface area contributed by atoms with Gasteiger partial charge in [-0.2, -0.15) is 5.10 Å². The maximum atomic E-state index is 12.8. The number of hydrogen-bond donors (Lipinski definition) is 3. The third-order valence-electron chi connectivity index (χ3n) is 7.76. The minimum atomic E-state index is 0.0516. The number of pyridine rings is 3. The van der Waals surface area contributed by atoms with Crippen molar-refractivity contribution in [2.24, 2.45) is 5.92 Å². The van der Waals surface area contributed by atoms with Crippen molar-refractivity contribution in [3.63, 3.8) is 0 Å². The third-order valence-corrected chi connectivity index (χ3v) is 8.98. The summed E-state index contributed by atoms with van der Waals surface area (Å²) in [5, 5.41) is 12.5. The van der Waals surface area contributed by atoms with Crippen LogP contribution < -0.4 is 5.32 Å². The Balaban J connectivity index is 1.22. The summed E-state index contributed by atoms with van der Waals surface area (Å²) in [6, 6.07) is 9.87. The Bertz CT molecular complexity index is 1930. The van der Waals surface area contributed by atoms with E-state index in [0.29, 0.717) is 11.3 Å². The number of aromatic nitrogens is 6. The van der Waals surface area contributed by atoms with Crippen molar-refractivity contribution in [3.8, 4) is 33.0 Å². The molecule has 6 aromatic heterocycles. The molecule has 1 aliphatic carbocycles. The molecule has 1 aliphatic rings. The highest BCUT2D eigenvalue weighted by molar-refractivity contribution is 7.17. The Labute approximate surface area is 239 Å². The largest absolute Gasteiger partial charge is 0.352 e. The lowest BCUT2D eigenvalue weighted by Crippen LogP contribution is -2.24. The zero-order valence-electron chi connectivity index (χ0n) is 22.4. The molecule has 204 valence electrons. The van der Waals surface area contributed by atoms with E-state index < -0.39 is 0 Å². The Morgan fingerprint density at radius 1 is 0.927 bits per heavy atom. The van der Waals surface area contributed by atoms with Gasteiger partial charge in [0, 0.05) is 56.8 Å². The predicted octanol–water partition coefficient (Wildman–Crippen LogP) is 7.01. The van der Waals surface area contributed by atoms with Crippen LogP contribution in [0.15, 0.2) is 61.3 Å². The number of amides is 1. The number of fused-ring (bicyclic) bond motifs is 2. The van der Waals surface area contributed by atoms with Crippen LogP contribution in [0, 0.1) is 5.92 Å². The van der Waals surface area contributed by atoms with Crippen molar-refractivity contribution in [2.45, 2.75) is 39.0 Å². The van der Waals surface area contributed by atoms with Gasteiger partial charge in [0.15, 0.2) is 11.4 Å². The van der Waals surface area contributed by atoms with E-state index in [4.69, 9.17) is 0 Å². The van der Waals surface area contributed by atoms with E-state index >= 15 is 0 Å². The van der Waals surface area contributed by atoms with Gasteiger partial charge in [0.2, 0.25) is 5.91 Å². The molecule has 0 atom stereocenters. The Hall–Kier alpha value is -4.70. The van der Waals surface area contributed by atoms with Crippen molar-refractivity contribution >= 4 is 50.7 Å². The summed E-state index contributed by atoms with van der Waals surface area (Å²) in [5.41, 5.74) is 6.51. The van der Waals surface area contributed by atoms with Crippen molar-refractivity contribution < 1.29 is 9.59 Å². The molecule has 9 nitrogen and oxygen atoms in total. The summed E-state index contributed by atoms with van der Waals surface area (Å²) in [4.78, 5) is 43.2. The molecular formula is C31H27N7O2S. The van der Waals surface area contributed by atoms with Crippen LogP contribution in [-0.2, 0) is 4.79 Å². The maximum Gasteiger partial charge on any atom is 0.227 e. The summed E-state index contributed by atoms with van der Waals surface area (Å²) >= 11 is 1.46. The number of thiophene rings is 1. The standard InChI is InChI=1S/C31H27N7O2S/c1-17(39)27-7-8-28(41-27)24-15-33-16-26-22(24)11-25(36-26)29-23-10-20(13-34-30(23)38-37-29)19-9-21(14-32-12-19)35-31(40)18-5-3-2-4-6-18/h7-16,18,36H,2-6H2,1H3,(H,35,40)(H,34,37,38). The van der Waals surface area contributed by atoms with E-state index in [0.717, 1.165) is 79.8 Å². The minimum Gasteiger partial charge on any atom is -0.352 e. The van der Waals surface area contributed by atoms with Gasteiger partial charge in [-0.25, -0.2) is 4.98 Å². The van der Waals surface area contributed by atoms with Crippen molar-refractivity contribution in [3.05, 3.63) is 66.2 Å². The van der Waals surface area contributed by atoms with Gasteiger partial charge >= 0.3 is 0 Å². The summed E-state index contributed by atoms with van der Waals surface area (Å²) in [5.74, 6) is 0.194. The molecular weight excluding hydrogens is 534 g/mol. The van der Waals surface area contributed by atoms with Gasteiger partial charge in [-0.05, 0) is 50.1 Å². The molecule has 0 radical (unpaired) electrons. The first-order valence-corrected chi connectivity index (χ1v) is 14.5. The van der Waals surface area contributed by atoms with Crippen LogP contribution in [0.4, 0.5) is 5.69 Å². The van der Waals surface area contributed by atoms with Crippen LogP contribution in [0.5, 0.6) is 0 Å². The number of hydrogen-bond acceptors (Lipinski definition) is 7. The van der Waals surface area contributed by atoms with Crippen LogP contribution in [0.2, 0.25) is 0 Å². The van der Waals surface area contributed by atoms with E-state index in [1.54, 1.807) is 31.7 Å². The smallest absolute Gasteiger partial charge is 0.227 e. The number of nitrogens with zero attached hydrogens (tertiary/aromatic N) is 4. The third kappa shape index (κ3) is 4.80. The molecule has 41 heavy (non-hydrogen) atoms. The molecule has 1 amide bonds. The summed E-state index contributed by atoms with van der Waals surface area (Å²) in [7, 11) is 0. The second kappa shape index (κ2) is 10.4. The van der Waals surface area contributed by atoms with E-state index in [1.165, 1.54) is 17.8 Å². The first kappa shape index (κ1) is 25.3. The van der Waals surface area contributed by atoms with Gasteiger partial charge in [-0.1, -0.05) is 19.3 Å². The van der Waals surface area contributed by atoms with Gasteiger partial charge in [-0.15, -0.1) is 11.3 Å². The lowest BCUT2D eigenvalue weighted by molar-refractivity contribution is -0.120. The molecule has 3 N–H and O–H groups in total. The molecule has 6 aromatic rings. The molecule has 0 spiro atoms. The SMILES string of the molecule is CC(=O)c1ccc(-c2cncc3[nH]c(-c4[nH]nc5ncc(-c6cncc(NC(=O)C7CCCCC7)c6)cc45)cc23)s1. The zero-order valence-corrected chi connectivity index (χ0v) is 23.2. The predicted molar refractivity (Wildman–Crippen MR) is 161 cm³/mol. The van der Waals surface area contributed by atoms with E-state index in [-0.39, 0.29) is 17.6 Å². The summed E-state index contributed by atoms with van der Waals surface area (Å²) in [6.45, 7) is 1.58. The number of carbonyl (C=O) groups is 2. The summed E-state index contributed by atoms with van der Waals surface area (Å²) < 4.78 is 0. The van der Waals surface area contributed by atoms with Crippen LogP contribution in [0.25, 0.3) is 54.9 Å². The number of H-pyrrole nitrogens is 2. The first-order valence-electron chi connectivity index (χ1n) is 13.7. The quantitative estimate of drug-likeness (QED) is 0.188. The Morgan fingerprint density at radius 2 is 1.76 bits per heavy atom. The van der Waals surface area contributed by atoms with Gasteiger partial charge in [0.05, 0.1) is 39.9 Å². The number of aromatic amines is 2. The number of carbonyl (C=O) groups excluding carboxylic acids is 2. The maximum absolute atomic E-state index is 12.8. The zero-order chi connectivity index (χ0) is 27.9. The van der Waals surface area contributed by atoms with Crippen molar-refractivity contribution in [1.82, 2.24) is 30.1 Å². The Kier molecular flexibility index (Phi) is 6.39. The molecule has 0 aliphatic heterocycles. The second-order valence-electron chi connectivity index (χ2n) is 10.5. The Morgan fingerprint density at radius 3 is 2.59 bits per heavy atom. The van der Waals surface area contributed by atoms with Crippen molar-refractivity contribution in [1.29, 1.82) is 0 Å².